The van der Waals surface area contributed by atoms with E-state index in [4.69, 9.17) is 14.2 Å². The molecule has 2 aromatic rings. The molecule has 0 spiro atoms. The van der Waals surface area contributed by atoms with Crippen LogP contribution in [-0.4, -0.2) is 32.2 Å². The molecule has 23 heavy (non-hydrogen) atoms. The van der Waals surface area contributed by atoms with Crippen LogP contribution >= 0.6 is 0 Å². The minimum Gasteiger partial charge on any atom is -0.497 e. The number of nitrogens with zero attached hydrogens (tertiary/aromatic N) is 1. The number of carbonyl (C=O) groups is 1. The fourth-order valence-electron chi connectivity index (χ4n) is 2.18. The molecule has 0 heterocycles. The molecule has 0 saturated carbocycles. The monoisotopic (exact) mass is 317 g/mol. The fraction of sp³-hybridized carbons (Fsp3) is 0.188. The number of benzene rings is 2. The Kier molecular flexibility index (Phi) is 4.80. The van der Waals surface area contributed by atoms with E-state index in [0.29, 0.717) is 22.6 Å². The van der Waals surface area contributed by atoms with Crippen molar-refractivity contribution >= 4 is 11.7 Å². The minimum atomic E-state index is -0.665. The molecular formula is C16H15NO6. The molecule has 0 aliphatic heterocycles. The average Bonchev–Trinajstić information content (AvgIpc) is 2.59. The number of carbonyl (C=O) groups excluding carboxylic acids is 1. The third-order valence-electron chi connectivity index (χ3n) is 3.32. The molecule has 0 N–H and O–H groups in total. The molecule has 0 saturated heterocycles. The molecule has 0 fully saturated rings. The number of rotatable bonds is 5. The van der Waals surface area contributed by atoms with Crippen LogP contribution in [0.1, 0.15) is 10.4 Å². The van der Waals surface area contributed by atoms with Gasteiger partial charge in [0.25, 0.3) is 5.69 Å². The van der Waals surface area contributed by atoms with Crippen LogP contribution < -0.4 is 9.47 Å². The van der Waals surface area contributed by atoms with Crippen molar-refractivity contribution in [2.75, 3.05) is 21.3 Å². The van der Waals surface area contributed by atoms with Gasteiger partial charge in [0.15, 0.2) is 0 Å². The maximum Gasteiger partial charge on any atom is 0.338 e. The summed E-state index contributed by atoms with van der Waals surface area (Å²) in [6, 6.07) is 9.09. The van der Waals surface area contributed by atoms with Crippen LogP contribution in [0.15, 0.2) is 36.4 Å². The Morgan fingerprint density at radius 3 is 2.26 bits per heavy atom. The lowest BCUT2D eigenvalue weighted by Crippen LogP contribution is -2.05. The smallest absolute Gasteiger partial charge is 0.338 e. The third kappa shape index (κ3) is 3.23. The highest BCUT2D eigenvalue weighted by atomic mass is 16.6. The van der Waals surface area contributed by atoms with Crippen LogP contribution in [0.25, 0.3) is 11.1 Å². The number of methoxy groups -OCH3 is 3. The summed E-state index contributed by atoms with van der Waals surface area (Å²) in [6.45, 7) is 0. The summed E-state index contributed by atoms with van der Waals surface area (Å²) >= 11 is 0. The zero-order valence-electron chi connectivity index (χ0n) is 12.9. The summed E-state index contributed by atoms with van der Waals surface area (Å²) < 4.78 is 15.2. The molecule has 0 aliphatic carbocycles. The van der Waals surface area contributed by atoms with Gasteiger partial charge in [-0.1, -0.05) is 0 Å². The summed E-state index contributed by atoms with van der Waals surface area (Å²) in [5.41, 5.74) is 0.970. The Morgan fingerprint density at radius 1 is 1.00 bits per heavy atom. The van der Waals surface area contributed by atoms with Gasteiger partial charge in [0.2, 0.25) is 0 Å². The highest BCUT2D eigenvalue weighted by molar-refractivity contribution is 5.99. The maximum absolute atomic E-state index is 12.0. The Morgan fingerprint density at radius 2 is 1.70 bits per heavy atom. The Bertz CT molecular complexity index is 756. The molecular weight excluding hydrogens is 302 g/mol. The third-order valence-corrected chi connectivity index (χ3v) is 3.32. The molecule has 0 radical (unpaired) electrons. The van der Waals surface area contributed by atoms with Crippen molar-refractivity contribution in [2.45, 2.75) is 0 Å². The van der Waals surface area contributed by atoms with E-state index in [0.717, 1.165) is 0 Å². The van der Waals surface area contributed by atoms with Gasteiger partial charge in [-0.25, -0.2) is 4.79 Å². The SMILES string of the molecule is COC(=O)c1cc([N+](=O)[O-])ccc1-c1ccc(OC)cc1OC. The highest BCUT2D eigenvalue weighted by Crippen LogP contribution is 2.36. The molecule has 0 aromatic heterocycles. The Hall–Kier alpha value is -3.09. The van der Waals surface area contributed by atoms with Crippen molar-refractivity contribution in [3.63, 3.8) is 0 Å². The van der Waals surface area contributed by atoms with Crippen molar-refractivity contribution in [1.82, 2.24) is 0 Å². The predicted octanol–water partition coefficient (Wildman–Crippen LogP) is 3.07. The summed E-state index contributed by atoms with van der Waals surface area (Å²) in [6.07, 6.45) is 0. The largest absolute Gasteiger partial charge is 0.497 e. The van der Waals surface area contributed by atoms with E-state index in [9.17, 15) is 14.9 Å². The van der Waals surface area contributed by atoms with Crippen molar-refractivity contribution in [3.05, 3.63) is 52.1 Å². The van der Waals surface area contributed by atoms with E-state index in [1.54, 1.807) is 18.2 Å². The maximum atomic E-state index is 12.0. The first-order valence-electron chi connectivity index (χ1n) is 6.61. The van der Waals surface area contributed by atoms with Gasteiger partial charge in [-0.05, 0) is 18.2 Å². The van der Waals surface area contributed by atoms with Gasteiger partial charge < -0.3 is 14.2 Å². The molecule has 7 heteroatoms. The van der Waals surface area contributed by atoms with Gasteiger partial charge in [-0.15, -0.1) is 0 Å². The van der Waals surface area contributed by atoms with Gasteiger partial charge >= 0.3 is 5.97 Å². The van der Waals surface area contributed by atoms with Gasteiger partial charge in [-0.3, -0.25) is 10.1 Å². The van der Waals surface area contributed by atoms with E-state index in [-0.39, 0.29) is 11.3 Å². The molecule has 0 atom stereocenters. The van der Waals surface area contributed by atoms with Crippen molar-refractivity contribution < 1.29 is 23.9 Å². The highest BCUT2D eigenvalue weighted by Gasteiger charge is 2.20. The number of ether oxygens (including phenoxy) is 3. The second-order valence-electron chi connectivity index (χ2n) is 4.54. The molecule has 0 unspecified atom stereocenters. The molecule has 0 bridgehead atoms. The lowest BCUT2D eigenvalue weighted by Gasteiger charge is -2.13. The van der Waals surface area contributed by atoms with E-state index in [1.807, 2.05) is 0 Å². The lowest BCUT2D eigenvalue weighted by molar-refractivity contribution is -0.384. The van der Waals surface area contributed by atoms with Crippen LogP contribution in [0.2, 0.25) is 0 Å². The van der Waals surface area contributed by atoms with Crippen LogP contribution in [0.3, 0.4) is 0 Å². The second kappa shape index (κ2) is 6.78. The van der Waals surface area contributed by atoms with E-state index in [1.165, 1.54) is 39.5 Å². The molecule has 7 nitrogen and oxygen atoms in total. The number of nitro groups is 1. The molecule has 0 amide bonds. The van der Waals surface area contributed by atoms with E-state index in [2.05, 4.69) is 0 Å². The Labute approximate surface area is 132 Å². The summed E-state index contributed by atoms with van der Waals surface area (Å²) in [4.78, 5) is 22.4. The van der Waals surface area contributed by atoms with E-state index >= 15 is 0 Å². The molecule has 0 aliphatic rings. The van der Waals surface area contributed by atoms with Crippen molar-refractivity contribution in [2.24, 2.45) is 0 Å². The van der Waals surface area contributed by atoms with Crippen LogP contribution in [0.5, 0.6) is 11.5 Å². The van der Waals surface area contributed by atoms with Gasteiger partial charge in [-0.2, -0.15) is 0 Å². The molecule has 2 aromatic carbocycles. The summed E-state index contributed by atoms with van der Waals surface area (Å²) in [5.74, 6) is 0.400. The minimum absolute atomic E-state index is 0.0881. The quantitative estimate of drug-likeness (QED) is 0.478. The van der Waals surface area contributed by atoms with Crippen LogP contribution in [-0.2, 0) is 4.74 Å². The van der Waals surface area contributed by atoms with Crippen LogP contribution in [0.4, 0.5) is 5.69 Å². The summed E-state index contributed by atoms with van der Waals surface area (Å²) in [7, 11) is 4.23. The fourth-order valence-corrected chi connectivity index (χ4v) is 2.18. The second-order valence-corrected chi connectivity index (χ2v) is 4.54. The first-order chi connectivity index (χ1) is 11.0. The van der Waals surface area contributed by atoms with Crippen molar-refractivity contribution in [3.8, 4) is 22.6 Å². The first kappa shape index (κ1) is 16.3. The molecule has 2 rings (SSSR count). The van der Waals surface area contributed by atoms with Gasteiger partial charge in [0.1, 0.15) is 11.5 Å². The number of hydrogen-bond acceptors (Lipinski definition) is 6. The number of esters is 1. The predicted molar refractivity (Wildman–Crippen MR) is 83.0 cm³/mol. The van der Waals surface area contributed by atoms with Crippen molar-refractivity contribution in [1.29, 1.82) is 0 Å². The normalized spacial score (nSPS) is 10.0. The number of non-ortho nitro benzene ring substituents is 1. The first-order valence-corrected chi connectivity index (χ1v) is 6.61. The van der Waals surface area contributed by atoms with Gasteiger partial charge in [0, 0.05) is 29.3 Å². The van der Waals surface area contributed by atoms with Gasteiger partial charge in [0.05, 0.1) is 31.8 Å². The number of nitro benzene ring substituents is 1. The zero-order valence-corrected chi connectivity index (χ0v) is 12.9. The lowest BCUT2D eigenvalue weighted by atomic mass is 9.98. The molecule has 120 valence electrons. The average molecular weight is 317 g/mol. The van der Waals surface area contributed by atoms with E-state index < -0.39 is 10.9 Å². The summed E-state index contributed by atoms with van der Waals surface area (Å²) in [5, 5.41) is 10.9. The number of hydrogen-bond donors (Lipinski definition) is 0. The Balaban J connectivity index is 2.67. The topological polar surface area (TPSA) is 87.9 Å². The zero-order chi connectivity index (χ0) is 17.0. The standard InChI is InChI=1S/C16H15NO6/c1-21-11-5-7-13(15(9-11)22-2)12-6-4-10(17(19)20)8-14(12)16(18)23-3/h4-9H,1-3H3. The van der Waals surface area contributed by atoms with Crippen LogP contribution in [0, 0.1) is 10.1 Å².